The molecule has 0 aliphatic heterocycles. The SMILES string of the molecule is CCNC(=O)Nc1nc2c(-c3ncccn3)cc(-c3cncc(OC)c3)cc2[nH]1. The molecule has 2 amide bonds. The maximum absolute atomic E-state index is 11.9. The molecule has 3 heterocycles. The molecule has 0 saturated heterocycles. The van der Waals surface area contributed by atoms with Gasteiger partial charge in [0.25, 0.3) is 0 Å². The van der Waals surface area contributed by atoms with Gasteiger partial charge in [-0.15, -0.1) is 0 Å². The van der Waals surface area contributed by atoms with Gasteiger partial charge in [-0.1, -0.05) is 0 Å². The molecule has 0 radical (unpaired) electrons. The van der Waals surface area contributed by atoms with Gasteiger partial charge >= 0.3 is 6.03 Å². The normalized spacial score (nSPS) is 10.7. The molecule has 0 spiro atoms. The van der Waals surface area contributed by atoms with Crippen LogP contribution in [0.2, 0.25) is 0 Å². The van der Waals surface area contributed by atoms with Gasteiger partial charge in [0.2, 0.25) is 5.95 Å². The van der Waals surface area contributed by atoms with Crippen molar-refractivity contribution < 1.29 is 9.53 Å². The van der Waals surface area contributed by atoms with E-state index in [-0.39, 0.29) is 6.03 Å². The van der Waals surface area contributed by atoms with E-state index in [1.54, 1.807) is 38.0 Å². The molecular weight excluding hydrogens is 370 g/mol. The smallest absolute Gasteiger partial charge is 0.321 e. The van der Waals surface area contributed by atoms with Crippen LogP contribution < -0.4 is 15.4 Å². The number of ether oxygens (including phenoxy) is 1. The minimum Gasteiger partial charge on any atom is -0.495 e. The molecular formula is C20H19N7O2. The van der Waals surface area contributed by atoms with Crippen molar-refractivity contribution in [3.05, 3.63) is 49.1 Å². The van der Waals surface area contributed by atoms with Crippen molar-refractivity contribution in [1.29, 1.82) is 0 Å². The van der Waals surface area contributed by atoms with E-state index in [9.17, 15) is 4.79 Å². The molecule has 1 aromatic carbocycles. The minimum atomic E-state index is -0.332. The lowest BCUT2D eigenvalue weighted by Crippen LogP contribution is -2.28. The summed E-state index contributed by atoms with van der Waals surface area (Å²) in [6.07, 6.45) is 6.75. The first-order valence-electron chi connectivity index (χ1n) is 9.03. The van der Waals surface area contributed by atoms with Crippen molar-refractivity contribution in [3.8, 4) is 28.3 Å². The van der Waals surface area contributed by atoms with Crippen LogP contribution in [0.25, 0.3) is 33.5 Å². The Balaban J connectivity index is 1.86. The van der Waals surface area contributed by atoms with Crippen LogP contribution in [0.1, 0.15) is 6.92 Å². The van der Waals surface area contributed by atoms with Gasteiger partial charge in [-0.25, -0.2) is 19.7 Å². The van der Waals surface area contributed by atoms with Gasteiger partial charge in [0.15, 0.2) is 5.82 Å². The van der Waals surface area contributed by atoms with Crippen LogP contribution >= 0.6 is 0 Å². The zero-order chi connectivity index (χ0) is 20.2. The maximum Gasteiger partial charge on any atom is 0.321 e. The maximum atomic E-state index is 11.9. The number of imidazole rings is 1. The van der Waals surface area contributed by atoms with Gasteiger partial charge < -0.3 is 15.0 Å². The minimum absolute atomic E-state index is 0.332. The number of H-pyrrole nitrogens is 1. The first-order valence-corrected chi connectivity index (χ1v) is 9.03. The third-order valence-electron chi connectivity index (χ3n) is 4.24. The summed E-state index contributed by atoms with van der Waals surface area (Å²) < 4.78 is 5.29. The van der Waals surface area contributed by atoms with Crippen LogP contribution in [0.4, 0.5) is 10.7 Å². The van der Waals surface area contributed by atoms with Crippen LogP contribution in [0, 0.1) is 0 Å². The number of nitrogens with one attached hydrogen (secondary N) is 3. The number of carbonyl (C=O) groups excluding carboxylic acids is 1. The highest BCUT2D eigenvalue weighted by atomic mass is 16.5. The number of methoxy groups -OCH3 is 1. The van der Waals surface area contributed by atoms with Crippen LogP contribution in [0.15, 0.2) is 49.1 Å². The highest BCUT2D eigenvalue weighted by Crippen LogP contribution is 2.33. The van der Waals surface area contributed by atoms with E-state index in [1.807, 2.05) is 25.1 Å². The van der Waals surface area contributed by atoms with E-state index < -0.39 is 0 Å². The topological polar surface area (TPSA) is 118 Å². The number of benzene rings is 1. The largest absolute Gasteiger partial charge is 0.495 e. The van der Waals surface area contributed by atoms with Crippen molar-refractivity contribution in [2.75, 3.05) is 19.0 Å². The molecule has 146 valence electrons. The van der Waals surface area contributed by atoms with E-state index in [0.29, 0.717) is 29.6 Å². The van der Waals surface area contributed by atoms with Crippen LogP contribution in [0.3, 0.4) is 0 Å². The Morgan fingerprint density at radius 1 is 1.14 bits per heavy atom. The Bertz CT molecular complexity index is 1160. The lowest BCUT2D eigenvalue weighted by Gasteiger charge is -2.07. The summed E-state index contributed by atoms with van der Waals surface area (Å²) in [4.78, 5) is 32.5. The quantitative estimate of drug-likeness (QED) is 0.482. The number of aromatic nitrogens is 5. The fraction of sp³-hybridized carbons (Fsp3) is 0.150. The summed E-state index contributed by atoms with van der Waals surface area (Å²) in [5.74, 6) is 1.53. The molecule has 9 heteroatoms. The monoisotopic (exact) mass is 389 g/mol. The van der Waals surface area contributed by atoms with Gasteiger partial charge in [-0.05, 0) is 36.8 Å². The first-order chi connectivity index (χ1) is 14.2. The Morgan fingerprint density at radius 2 is 1.97 bits per heavy atom. The number of aromatic amines is 1. The molecule has 4 aromatic rings. The number of urea groups is 1. The van der Waals surface area contributed by atoms with Crippen LogP contribution in [-0.4, -0.2) is 44.6 Å². The average molecular weight is 389 g/mol. The zero-order valence-electron chi connectivity index (χ0n) is 15.9. The molecule has 0 bridgehead atoms. The van der Waals surface area contributed by atoms with Crippen LogP contribution in [0.5, 0.6) is 5.75 Å². The summed E-state index contributed by atoms with van der Waals surface area (Å²) >= 11 is 0. The summed E-state index contributed by atoms with van der Waals surface area (Å²) in [7, 11) is 1.60. The molecule has 9 nitrogen and oxygen atoms in total. The molecule has 3 aromatic heterocycles. The molecule has 4 rings (SSSR count). The lowest BCUT2D eigenvalue weighted by atomic mass is 10.0. The lowest BCUT2D eigenvalue weighted by molar-refractivity contribution is 0.252. The predicted molar refractivity (Wildman–Crippen MR) is 110 cm³/mol. The highest BCUT2D eigenvalue weighted by molar-refractivity contribution is 5.97. The molecule has 0 aliphatic carbocycles. The molecule has 29 heavy (non-hydrogen) atoms. The molecule has 3 N–H and O–H groups in total. The first kappa shape index (κ1) is 18.4. The second-order valence-corrected chi connectivity index (χ2v) is 6.18. The van der Waals surface area contributed by atoms with E-state index in [1.165, 1.54) is 0 Å². The molecule has 0 unspecified atom stereocenters. The zero-order valence-corrected chi connectivity index (χ0v) is 15.9. The predicted octanol–water partition coefficient (Wildman–Crippen LogP) is 3.23. The Morgan fingerprint density at radius 3 is 2.72 bits per heavy atom. The standard InChI is InChI=1S/C20H19N7O2/c1-3-22-20(28)27-19-25-16-9-12(13-7-14(29-2)11-21-10-13)8-15(17(16)26-19)18-23-5-4-6-24-18/h4-11H,3H2,1-2H3,(H3,22,25,26,27,28). The fourth-order valence-electron chi connectivity index (χ4n) is 2.95. The molecule has 0 atom stereocenters. The number of rotatable bonds is 5. The Labute approximate surface area is 166 Å². The number of pyridine rings is 1. The highest BCUT2D eigenvalue weighted by Gasteiger charge is 2.15. The van der Waals surface area contributed by atoms with Crippen molar-refractivity contribution in [2.45, 2.75) is 6.92 Å². The fourth-order valence-corrected chi connectivity index (χ4v) is 2.95. The van der Waals surface area contributed by atoms with E-state index in [0.717, 1.165) is 22.2 Å². The number of hydrogen-bond donors (Lipinski definition) is 3. The van der Waals surface area contributed by atoms with E-state index >= 15 is 0 Å². The summed E-state index contributed by atoms with van der Waals surface area (Å²) in [5, 5.41) is 5.38. The van der Waals surface area contributed by atoms with Gasteiger partial charge in [0.05, 0.1) is 18.8 Å². The second kappa shape index (κ2) is 7.93. The van der Waals surface area contributed by atoms with E-state index in [4.69, 9.17) is 4.74 Å². The number of amides is 2. The second-order valence-electron chi connectivity index (χ2n) is 6.18. The van der Waals surface area contributed by atoms with Crippen molar-refractivity contribution in [1.82, 2.24) is 30.2 Å². The van der Waals surface area contributed by atoms with Gasteiger partial charge in [-0.2, -0.15) is 0 Å². The Hall–Kier alpha value is -4.01. The number of hydrogen-bond acceptors (Lipinski definition) is 6. The van der Waals surface area contributed by atoms with Crippen LogP contribution in [-0.2, 0) is 0 Å². The summed E-state index contributed by atoms with van der Waals surface area (Å²) in [5.41, 5.74) is 3.89. The van der Waals surface area contributed by atoms with E-state index in [2.05, 4.69) is 35.6 Å². The number of fused-ring (bicyclic) bond motifs is 1. The summed E-state index contributed by atoms with van der Waals surface area (Å²) in [6, 6.07) is 7.21. The number of anilines is 1. The third-order valence-corrected chi connectivity index (χ3v) is 4.24. The molecule has 0 saturated carbocycles. The number of carbonyl (C=O) groups is 1. The van der Waals surface area contributed by atoms with Gasteiger partial charge in [-0.3, -0.25) is 10.3 Å². The average Bonchev–Trinajstić information content (AvgIpc) is 3.16. The van der Waals surface area contributed by atoms with Gasteiger partial charge in [0, 0.05) is 36.3 Å². The van der Waals surface area contributed by atoms with Gasteiger partial charge in [0.1, 0.15) is 11.3 Å². The number of nitrogens with zero attached hydrogens (tertiary/aromatic N) is 4. The summed E-state index contributed by atoms with van der Waals surface area (Å²) in [6.45, 7) is 2.36. The molecule has 0 fully saturated rings. The van der Waals surface area contributed by atoms with Crippen molar-refractivity contribution in [2.24, 2.45) is 0 Å². The van der Waals surface area contributed by atoms with Crippen molar-refractivity contribution in [3.63, 3.8) is 0 Å². The van der Waals surface area contributed by atoms with Crippen molar-refractivity contribution >= 4 is 23.0 Å². The molecule has 0 aliphatic rings. The third kappa shape index (κ3) is 3.84. The Kier molecular flexibility index (Phi) is 5.02.